The van der Waals surface area contributed by atoms with Gasteiger partial charge in [0.2, 0.25) is 5.91 Å². The number of amides is 1. The number of rotatable bonds is 11. The molecule has 1 amide bonds. The van der Waals surface area contributed by atoms with Crippen LogP contribution in [0.25, 0.3) is 39.3 Å². The van der Waals surface area contributed by atoms with Crippen molar-refractivity contribution in [3.8, 4) is 0 Å². The summed E-state index contributed by atoms with van der Waals surface area (Å²) in [5, 5.41) is 40.0. The van der Waals surface area contributed by atoms with Crippen LogP contribution >= 0.6 is 11.8 Å². The first-order chi connectivity index (χ1) is 25.8. The minimum Gasteiger partial charge on any atom is -0.394 e. The molecule has 0 spiro atoms. The first-order valence-electron chi connectivity index (χ1n) is 19.0. The Balaban J connectivity index is 1.27. The molecule has 3 aromatic heterocycles. The number of aromatic nitrogens is 4. The van der Waals surface area contributed by atoms with Crippen molar-refractivity contribution in [2.75, 3.05) is 26.0 Å². The van der Waals surface area contributed by atoms with Crippen molar-refractivity contribution >= 4 is 57.0 Å². The zero-order valence-corrected chi connectivity index (χ0v) is 33.3. The fourth-order valence-electron chi connectivity index (χ4n) is 7.97. The van der Waals surface area contributed by atoms with E-state index in [1.54, 1.807) is 11.9 Å². The zero-order valence-electron chi connectivity index (χ0n) is 32.4. The number of nitrogens with zero attached hydrogens (tertiary/aromatic N) is 3. The fraction of sp³-hybridized carbons (Fsp3) is 0.500. The van der Waals surface area contributed by atoms with Gasteiger partial charge < -0.3 is 40.0 Å². The van der Waals surface area contributed by atoms with Gasteiger partial charge in [0.1, 0.15) is 29.9 Å². The zero-order chi connectivity index (χ0) is 39.0. The summed E-state index contributed by atoms with van der Waals surface area (Å²) < 4.78 is 5.60. The van der Waals surface area contributed by atoms with E-state index in [4.69, 9.17) is 14.7 Å². The topological polar surface area (TPSA) is 168 Å². The molecule has 54 heavy (non-hydrogen) atoms. The second kappa shape index (κ2) is 16.5. The lowest BCUT2D eigenvalue weighted by molar-refractivity contribution is -0.205. The molecule has 290 valence electrons. The SMILES string of the molecule is C=Cc1c(C)c2cc3nc(c(C)c4cc(C)c(cc5nc(cc1[nH]2)C(C)=C5CC)[nH]4)[C@@H](CCC(=O)N(C)CCCS[C@@H]1O[C@H](CO)[C@@H](O)[C@H](O)[C@@H]1O)[C@@H]3C. The number of hydrogen-bond acceptors (Lipinski definition) is 9. The molecule has 8 bridgehead atoms. The molecule has 12 heteroatoms. The van der Waals surface area contributed by atoms with Gasteiger partial charge in [0.05, 0.1) is 18.0 Å². The third-order valence-electron chi connectivity index (χ3n) is 11.5. The maximum absolute atomic E-state index is 13.5. The molecule has 11 nitrogen and oxygen atoms in total. The van der Waals surface area contributed by atoms with Crippen LogP contribution in [0.4, 0.5) is 0 Å². The lowest BCUT2D eigenvalue weighted by Gasteiger charge is -2.39. The molecule has 6 N–H and O–H groups in total. The van der Waals surface area contributed by atoms with Gasteiger partial charge in [-0.1, -0.05) is 26.5 Å². The van der Waals surface area contributed by atoms with Crippen LogP contribution in [-0.4, -0.2) is 107 Å². The Hall–Kier alpha value is -3.78. The van der Waals surface area contributed by atoms with Crippen molar-refractivity contribution in [1.82, 2.24) is 24.8 Å². The van der Waals surface area contributed by atoms with E-state index in [0.29, 0.717) is 31.6 Å². The van der Waals surface area contributed by atoms with Gasteiger partial charge in [-0.25, -0.2) is 4.98 Å². The predicted molar refractivity (Wildman–Crippen MR) is 217 cm³/mol. The van der Waals surface area contributed by atoms with Gasteiger partial charge in [-0.15, -0.1) is 11.8 Å². The molecule has 0 aliphatic carbocycles. The second-order valence-electron chi connectivity index (χ2n) is 15.0. The number of thioether (sulfide) groups is 1. The Morgan fingerprint density at radius 1 is 0.963 bits per heavy atom. The molecule has 1 saturated heterocycles. The van der Waals surface area contributed by atoms with Gasteiger partial charge in [-0.05, 0) is 105 Å². The number of aliphatic hydroxyl groups excluding tert-OH is 4. The smallest absolute Gasteiger partial charge is 0.222 e. The summed E-state index contributed by atoms with van der Waals surface area (Å²) in [6, 6.07) is 8.61. The number of nitrogens with one attached hydrogen (secondary N) is 2. The van der Waals surface area contributed by atoms with E-state index in [0.717, 1.165) is 73.5 Å². The minimum atomic E-state index is -1.40. The maximum atomic E-state index is 13.5. The van der Waals surface area contributed by atoms with Crippen LogP contribution < -0.4 is 0 Å². The molecule has 3 aromatic rings. The van der Waals surface area contributed by atoms with E-state index in [1.807, 2.05) is 6.08 Å². The standard InChI is InChI=1S/C42H55N5O6S/c1-9-26-23(5)32-19-35-27(10-2)22(4)31(44-35)18-33-24(6)28(38(46-33)25(7)30-16-21(3)29(43-30)17-34(26)45-32)12-13-37(49)47(8)14-11-15-54-42-41(52)40(51)39(50)36(20-48)53-42/h10,16-19,24,28,36,39-44,48,50-52H,2,9,11-15,20H2,1,3-8H3/t24-,28-,36+,39+,40-,41-,42-/m0/s1. The Morgan fingerprint density at radius 3 is 2.37 bits per heavy atom. The third kappa shape index (κ3) is 7.69. The van der Waals surface area contributed by atoms with Gasteiger partial charge in [-0.3, -0.25) is 9.78 Å². The number of allylic oxidation sites excluding steroid dienone is 2. The molecule has 3 aliphatic rings. The molecule has 3 aliphatic heterocycles. The van der Waals surface area contributed by atoms with E-state index in [-0.39, 0.29) is 17.7 Å². The minimum absolute atomic E-state index is 0.0236. The van der Waals surface area contributed by atoms with Gasteiger partial charge in [0.25, 0.3) is 0 Å². The summed E-state index contributed by atoms with van der Waals surface area (Å²) >= 11 is 1.30. The van der Waals surface area contributed by atoms with Gasteiger partial charge in [-0.2, -0.15) is 0 Å². The van der Waals surface area contributed by atoms with Crippen LogP contribution in [0, 0.1) is 20.8 Å². The Kier molecular flexibility index (Phi) is 12.2. The third-order valence-corrected chi connectivity index (χ3v) is 12.8. The summed E-state index contributed by atoms with van der Waals surface area (Å²) in [5.41, 5.74) is 13.8. The van der Waals surface area contributed by atoms with E-state index in [2.05, 4.69) is 82.4 Å². The van der Waals surface area contributed by atoms with Gasteiger partial charge in [0, 0.05) is 70.9 Å². The van der Waals surface area contributed by atoms with Gasteiger partial charge in [0.15, 0.2) is 0 Å². The number of ether oxygens (including phenoxy) is 1. The molecule has 0 radical (unpaired) electrons. The van der Waals surface area contributed by atoms with Crippen LogP contribution in [0.3, 0.4) is 0 Å². The number of fused-ring (bicyclic) bond motifs is 8. The summed E-state index contributed by atoms with van der Waals surface area (Å²) in [4.78, 5) is 33.0. The number of aryl methyl sites for hydroxylation is 3. The summed E-state index contributed by atoms with van der Waals surface area (Å²) in [7, 11) is 1.80. The molecule has 0 aromatic carbocycles. The highest BCUT2D eigenvalue weighted by Crippen LogP contribution is 2.42. The molecular formula is C42H55N5O6S. The molecule has 6 rings (SSSR count). The van der Waals surface area contributed by atoms with Crippen molar-refractivity contribution in [2.24, 2.45) is 0 Å². The van der Waals surface area contributed by atoms with Crippen molar-refractivity contribution < 1.29 is 30.0 Å². The average molecular weight is 758 g/mol. The maximum Gasteiger partial charge on any atom is 0.222 e. The molecule has 0 unspecified atom stereocenters. The van der Waals surface area contributed by atoms with E-state index >= 15 is 0 Å². The predicted octanol–water partition coefficient (Wildman–Crippen LogP) is 6.27. The Morgan fingerprint density at radius 2 is 1.67 bits per heavy atom. The number of carbonyl (C=O) groups is 1. The summed E-state index contributed by atoms with van der Waals surface area (Å²) in [6.45, 7) is 17.0. The first-order valence-corrected chi connectivity index (χ1v) is 20.0. The molecule has 0 saturated carbocycles. The Bertz CT molecular complexity index is 2100. The largest absolute Gasteiger partial charge is 0.394 e. The van der Waals surface area contributed by atoms with E-state index in [9.17, 15) is 25.2 Å². The number of aromatic amines is 2. The average Bonchev–Trinajstić information content (AvgIpc) is 3.86. The normalized spacial score (nSPS) is 24.2. The van der Waals surface area contributed by atoms with Crippen LogP contribution in [-0.2, 0) is 9.53 Å². The molecule has 7 atom stereocenters. The first kappa shape index (κ1) is 39.9. The quantitative estimate of drug-likeness (QED) is 0.124. The second-order valence-corrected chi connectivity index (χ2v) is 16.2. The lowest BCUT2D eigenvalue weighted by Crippen LogP contribution is -2.57. The highest BCUT2D eigenvalue weighted by molar-refractivity contribution is 7.99. The van der Waals surface area contributed by atoms with Crippen LogP contribution in [0.2, 0.25) is 0 Å². The van der Waals surface area contributed by atoms with Crippen LogP contribution in [0.1, 0.15) is 103 Å². The summed E-state index contributed by atoms with van der Waals surface area (Å²) in [5.74, 6) is 0.688. The van der Waals surface area contributed by atoms with Crippen molar-refractivity contribution in [3.63, 3.8) is 0 Å². The monoisotopic (exact) mass is 757 g/mol. The fourth-order valence-corrected chi connectivity index (χ4v) is 9.08. The van der Waals surface area contributed by atoms with Crippen molar-refractivity contribution in [3.05, 3.63) is 75.9 Å². The van der Waals surface area contributed by atoms with E-state index in [1.165, 1.54) is 22.9 Å². The summed E-state index contributed by atoms with van der Waals surface area (Å²) in [6.07, 6.45) is -0.586. The number of carbonyl (C=O) groups excluding carboxylic acids is 1. The van der Waals surface area contributed by atoms with Crippen LogP contribution in [0.5, 0.6) is 0 Å². The number of H-pyrrole nitrogens is 2. The van der Waals surface area contributed by atoms with E-state index < -0.39 is 36.5 Å². The van der Waals surface area contributed by atoms with Crippen LogP contribution in [0.15, 0.2) is 30.8 Å². The number of aliphatic hydroxyl groups is 4. The molecular weight excluding hydrogens is 703 g/mol. The van der Waals surface area contributed by atoms with Crippen molar-refractivity contribution in [1.29, 1.82) is 0 Å². The molecule has 1 fully saturated rings. The Labute approximate surface area is 321 Å². The highest BCUT2D eigenvalue weighted by atomic mass is 32.2. The molecule has 6 heterocycles. The van der Waals surface area contributed by atoms with Crippen molar-refractivity contribution in [2.45, 2.75) is 109 Å². The number of hydrogen-bond donors (Lipinski definition) is 6. The highest BCUT2D eigenvalue weighted by Gasteiger charge is 2.43. The lowest BCUT2D eigenvalue weighted by atomic mass is 9.86. The van der Waals surface area contributed by atoms with Gasteiger partial charge >= 0.3 is 0 Å².